The summed E-state index contributed by atoms with van der Waals surface area (Å²) in [5, 5.41) is 24.5. The number of rotatable bonds is 5. The van der Waals surface area contributed by atoms with Gasteiger partial charge in [-0.3, -0.25) is 14.4 Å². The Balaban J connectivity index is 1.81. The van der Waals surface area contributed by atoms with Crippen molar-refractivity contribution >= 4 is 5.97 Å². The Hall–Kier alpha value is -2.25. The molecule has 2 N–H and O–H groups in total. The van der Waals surface area contributed by atoms with Crippen molar-refractivity contribution in [2.75, 3.05) is 13.1 Å². The van der Waals surface area contributed by atoms with E-state index < -0.39 is 17.5 Å². The van der Waals surface area contributed by atoms with Gasteiger partial charge in [0, 0.05) is 38.4 Å². The van der Waals surface area contributed by atoms with Gasteiger partial charge < -0.3 is 10.2 Å². The molecule has 0 bridgehead atoms. The lowest BCUT2D eigenvalue weighted by atomic mass is 9.73. The highest BCUT2D eigenvalue weighted by Gasteiger charge is 2.49. The molecule has 1 fully saturated rings. The summed E-state index contributed by atoms with van der Waals surface area (Å²) < 4.78 is 14.8. The normalized spacial score (nSPS) is 24.4. The van der Waals surface area contributed by atoms with Crippen LogP contribution in [-0.4, -0.2) is 50.1 Å². The molecule has 6 nitrogen and oxygen atoms in total. The van der Waals surface area contributed by atoms with Crippen LogP contribution in [0.1, 0.15) is 17.5 Å². The van der Waals surface area contributed by atoms with Gasteiger partial charge in [-0.1, -0.05) is 12.1 Å². The average Bonchev–Trinajstić information content (AvgIpc) is 2.97. The molecule has 2 aromatic rings. The first-order valence-electron chi connectivity index (χ1n) is 8.25. The molecular formula is C18H22FN3O3. The maximum atomic E-state index is 13.1. The minimum absolute atomic E-state index is 0.160. The van der Waals surface area contributed by atoms with E-state index in [-0.39, 0.29) is 18.8 Å². The van der Waals surface area contributed by atoms with Gasteiger partial charge >= 0.3 is 5.97 Å². The summed E-state index contributed by atoms with van der Waals surface area (Å²) in [7, 11) is 1.83. The zero-order valence-corrected chi connectivity index (χ0v) is 14.1. The Kier molecular flexibility index (Phi) is 4.87. The SMILES string of the molecule is Cn1cc(CN2CC[C@@H](O)[C@](Cc3ccc(F)cc3)(C(=O)O)C2)cn1. The monoisotopic (exact) mass is 347 g/mol. The second-order valence-electron chi connectivity index (χ2n) is 6.80. The lowest BCUT2D eigenvalue weighted by Crippen LogP contribution is -2.56. The molecule has 0 amide bonds. The van der Waals surface area contributed by atoms with Crippen LogP contribution in [0.5, 0.6) is 0 Å². The van der Waals surface area contributed by atoms with Crippen molar-refractivity contribution in [1.29, 1.82) is 0 Å². The van der Waals surface area contributed by atoms with E-state index in [0.29, 0.717) is 25.1 Å². The van der Waals surface area contributed by atoms with Crippen molar-refractivity contribution in [3.05, 3.63) is 53.6 Å². The minimum atomic E-state index is -1.31. The Labute approximate surface area is 145 Å². The van der Waals surface area contributed by atoms with E-state index in [1.165, 1.54) is 12.1 Å². The van der Waals surface area contributed by atoms with Gasteiger partial charge in [-0.2, -0.15) is 5.10 Å². The summed E-state index contributed by atoms with van der Waals surface area (Å²) in [6, 6.07) is 5.78. The summed E-state index contributed by atoms with van der Waals surface area (Å²) in [5.74, 6) is -1.39. The van der Waals surface area contributed by atoms with Gasteiger partial charge in [0.25, 0.3) is 0 Å². The number of aryl methyl sites for hydroxylation is 1. The van der Waals surface area contributed by atoms with Gasteiger partial charge in [0.1, 0.15) is 11.2 Å². The molecule has 134 valence electrons. The van der Waals surface area contributed by atoms with Gasteiger partial charge in [-0.15, -0.1) is 0 Å². The summed E-state index contributed by atoms with van der Waals surface area (Å²) >= 11 is 0. The molecule has 0 saturated carbocycles. The number of carboxylic acids is 1. The van der Waals surface area contributed by atoms with Crippen molar-refractivity contribution in [2.24, 2.45) is 12.5 Å². The van der Waals surface area contributed by atoms with Crippen LogP contribution < -0.4 is 0 Å². The number of aliphatic hydroxyl groups excluding tert-OH is 1. The second kappa shape index (κ2) is 6.93. The van der Waals surface area contributed by atoms with E-state index in [4.69, 9.17) is 0 Å². The molecule has 7 heteroatoms. The molecule has 1 saturated heterocycles. The van der Waals surface area contributed by atoms with Crippen LogP contribution in [0, 0.1) is 11.2 Å². The number of hydrogen-bond donors (Lipinski definition) is 2. The molecule has 0 aliphatic carbocycles. The van der Waals surface area contributed by atoms with Crippen LogP contribution in [0.2, 0.25) is 0 Å². The Morgan fingerprint density at radius 3 is 2.68 bits per heavy atom. The summed E-state index contributed by atoms with van der Waals surface area (Å²) in [4.78, 5) is 14.1. The third kappa shape index (κ3) is 3.72. The zero-order valence-electron chi connectivity index (χ0n) is 14.1. The number of likely N-dealkylation sites (tertiary alicyclic amines) is 1. The molecule has 0 spiro atoms. The first-order valence-corrected chi connectivity index (χ1v) is 8.25. The Morgan fingerprint density at radius 1 is 1.36 bits per heavy atom. The number of carboxylic acid groups (broad SMARTS) is 1. The van der Waals surface area contributed by atoms with E-state index in [2.05, 4.69) is 5.10 Å². The topological polar surface area (TPSA) is 78.6 Å². The minimum Gasteiger partial charge on any atom is -0.481 e. The fourth-order valence-electron chi connectivity index (χ4n) is 3.54. The largest absolute Gasteiger partial charge is 0.481 e. The van der Waals surface area contributed by atoms with E-state index >= 15 is 0 Å². The molecule has 25 heavy (non-hydrogen) atoms. The molecule has 0 radical (unpaired) electrons. The molecule has 2 heterocycles. The number of benzene rings is 1. The van der Waals surface area contributed by atoms with Gasteiger partial charge in [0.2, 0.25) is 0 Å². The number of piperidine rings is 1. The number of nitrogens with zero attached hydrogens (tertiary/aromatic N) is 3. The summed E-state index contributed by atoms with van der Waals surface area (Å²) in [5.41, 5.74) is 0.393. The molecule has 0 unspecified atom stereocenters. The number of aromatic nitrogens is 2. The fraction of sp³-hybridized carbons (Fsp3) is 0.444. The zero-order chi connectivity index (χ0) is 18.0. The summed E-state index contributed by atoms with van der Waals surface area (Å²) in [6.45, 7) is 1.43. The lowest BCUT2D eigenvalue weighted by molar-refractivity contribution is -0.163. The number of halogens is 1. The predicted molar refractivity (Wildman–Crippen MR) is 89.3 cm³/mol. The Morgan fingerprint density at radius 2 is 2.08 bits per heavy atom. The third-order valence-corrected chi connectivity index (χ3v) is 4.89. The quantitative estimate of drug-likeness (QED) is 0.856. The van der Waals surface area contributed by atoms with E-state index in [9.17, 15) is 19.4 Å². The molecule has 1 aromatic heterocycles. The average molecular weight is 347 g/mol. The van der Waals surface area contributed by atoms with Gasteiger partial charge in [0.15, 0.2) is 0 Å². The van der Waals surface area contributed by atoms with Crippen LogP contribution in [-0.2, 0) is 24.8 Å². The van der Waals surface area contributed by atoms with Crippen LogP contribution >= 0.6 is 0 Å². The first kappa shape index (κ1) is 17.6. The Bertz CT molecular complexity index is 746. The molecule has 1 aromatic carbocycles. The van der Waals surface area contributed by atoms with Crippen molar-refractivity contribution in [1.82, 2.24) is 14.7 Å². The third-order valence-electron chi connectivity index (χ3n) is 4.89. The van der Waals surface area contributed by atoms with Crippen LogP contribution in [0.4, 0.5) is 4.39 Å². The molecule has 2 atom stereocenters. The van der Waals surface area contributed by atoms with Gasteiger partial charge in [0.05, 0.1) is 12.3 Å². The smallest absolute Gasteiger partial charge is 0.313 e. The van der Waals surface area contributed by atoms with Crippen LogP contribution in [0.25, 0.3) is 0 Å². The maximum absolute atomic E-state index is 13.1. The summed E-state index contributed by atoms with van der Waals surface area (Å²) in [6.07, 6.45) is 3.25. The number of aliphatic carboxylic acids is 1. The molecular weight excluding hydrogens is 325 g/mol. The second-order valence-corrected chi connectivity index (χ2v) is 6.80. The van der Waals surface area contributed by atoms with Crippen molar-refractivity contribution in [3.63, 3.8) is 0 Å². The fourth-order valence-corrected chi connectivity index (χ4v) is 3.54. The van der Waals surface area contributed by atoms with Gasteiger partial charge in [-0.05, 0) is 30.5 Å². The molecule has 1 aliphatic heterocycles. The predicted octanol–water partition coefficient (Wildman–Crippen LogP) is 1.44. The highest BCUT2D eigenvalue weighted by molar-refractivity contribution is 5.76. The van der Waals surface area contributed by atoms with Crippen LogP contribution in [0.3, 0.4) is 0 Å². The lowest BCUT2D eigenvalue weighted by Gasteiger charge is -2.43. The standard InChI is InChI=1S/C18H22FN3O3/c1-21-10-14(9-20-21)11-22-7-6-16(23)18(12-22,17(24)25)8-13-2-4-15(19)5-3-13/h2-5,9-10,16,23H,6-8,11-12H2,1H3,(H,24,25)/t16-,18-/m1/s1. The highest BCUT2D eigenvalue weighted by atomic mass is 19.1. The number of hydrogen-bond acceptors (Lipinski definition) is 4. The van der Waals surface area contributed by atoms with E-state index in [0.717, 1.165) is 5.56 Å². The van der Waals surface area contributed by atoms with E-state index in [1.807, 2.05) is 18.1 Å². The van der Waals surface area contributed by atoms with Gasteiger partial charge in [-0.25, -0.2) is 4.39 Å². The number of aliphatic hydroxyl groups is 1. The first-order chi connectivity index (χ1) is 11.9. The molecule has 3 rings (SSSR count). The molecule has 1 aliphatic rings. The maximum Gasteiger partial charge on any atom is 0.313 e. The van der Waals surface area contributed by atoms with E-state index in [1.54, 1.807) is 23.0 Å². The van der Waals surface area contributed by atoms with Crippen LogP contribution in [0.15, 0.2) is 36.7 Å². The van der Waals surface area contributed by atoms with Crippen molar-refractivity contribution in [3.8, 4) is 0 Å². The van der Waals surface area contributed by atoms with Crippen molar-refractivity contribution < 1.29 is 19.4 Å². The highest BCUT2D eigenvalue weighted by Crippen LogP contribution is 2.35. The van der Waals surface area contributed by atoms with Crippen molar-refractivity contribution in [2.45, 2.75) is 25.5 Å². The number of carbonyl (C=O) groups is 1.